The van der Waals surface area contributed by atoms with Crippen molar-refractivity contribution in [1.82, 2.24) is 10.3 Å². The van der Waals surface area contributed by atoms with E-state index in [0.717, 1.165) is 11.6 Å². The summed E-state index contributed by atoms with van der Waals surface area (Å²) < 4.78 is 75.2. The summed E-state index contributed by atoms with van der Waals surface area (Å²) in [6.07, 6.45) is -5.08. The number of hydrogen-bond acceptors (Lipinski definition) is 8. The minimum Gasteiger partial charge on any atom is -0.478 e. The number of halogens is 6. The first-order valence-electron chi connectivity index (χ1n) is 15.4. The van der Waals surface area contributed by atoms with E-state index in [9.17, 15) is 27.9 Å². The maximum Gasteiger partial charge on any atom is 0.490 e. The molecule has 0 aliphatic carbocycles. The van der Waals surface area contributed by atoms with Crippen LogP contribution in [-0.4, -0.2) is 57.1 Å². The van der Waals surface area contributed by atoms with Crippen LogP contribution in [0.5, 0.6) is 23.3 Å². The van der Waals surface area contributed by atoms with Crippen molar-refractivity contribution in [3.63, 3.8) is 0 Å². The molecule has 0 aliphatic rings. The van der Waals surface area contributed by atoms with Crippen LogP contribution in [0.4, 0.5) is 27.6 Å². The van der Waals surface area contributed by atoms with Gasteiger partial charge in [0.1, 0.15) is 28.6 Å². The monoisotopic (exact) mass is 765 g/mol. The van der Waals surface area contributed by atoms with E-state index in [2.05, 4.69) is 10.3 Å². The highest BCUT2D eigenvalue weighted by Gasteiger charge is 2.38. The normalized spacial score (nSPS) is 11.0. The summed E-state index contributed by atoms with van der Waals surface area (Å²) in [7, 11) is 0. The van der Waals surface area contributed by atoms with Crippen molar-refractivity contribution in [3.05, 3.63) is 106 Å². The Kier molecular flexibility index (Phi) is 13.7. The first-order valence-corrected chi connectivity index (χ1v) is 15.8. The number of pyridine rings is 1. The fraction of sp³-hybridized carbons (Fsp3) is 0.229. The molecular weight excluding hydrogens is 733 g/mol. The van der Waals surface area contributed by atoms with Crippen LogP contribution in [0.25, 0.3) is 0 Å². The molecule has 1 amide bonds. The van der Waals surface area contributed by atoms with Crippen LogP contribution in [0.1, 0.15) is 59.5 Å². The zero-order valence-electron chi connectivity index (χ0n) is 28.4. The molecule has 282 valence electrons. The number of carbonyl (C=O) groups excluding carboxylic acids is 1. The van der Waals surface area contributed by atoms with Crippen molar-refractivity contribution in [2.75, 3.05) is 4.90 Å². The van der Waals surface area contributed by atoms with Gasteiger partial charge in [0.05, 0.1) is 0 Å². The number of amidine groups is 1. The third kappa shape index (κ3) is 11.0. The number of nitrogens with two attached hydrogens (primary N) is 1. The Hall–Kier alpha value is -5.97. The van der Waals surface area contributed by atoms with E-state index in [-0.39, 0.29) is 41.5 Å². The zero-order valence-corrected chi connectivity index (χ0v) is 29.1. The number of aromatic carboxylic acids is 1. The summed E-state index contributed by atoms with van der Waals surface area (Å²) in [5, 5.41) is 28.0. The van der Waals surface area contributed by atoms with Gasteiger partial charge < -0.3 is 35.6 Å². The summed E-state index contributed by atoms with van der Waals surface area (Å²) in [5.41, 5.74) is 5.68. The average Bonchev–Trinajstić information content (AvgIpc) is 3.08. The minimum absolute atomic E-state index is 0.00658. The number of anilines is 1. The fourth-order valence-electron chi connectivity index (χ4n) is 4.72. The summed E-state index contributed by atoms with van der Waals surface area (Å²) in [5.74, 6) is -9.06. The number of ether oxygens (including phenoxy) is 2. The Morgan fingerprint density at radius 1 is 0.906 bits per heavy atom. The van der Waals surface area contributed by atoms with Crippen molar-refractivity contribution in [1.29, 1.82) is 5.41 Å². The number of hydrogen-bond donors (Lipinski definition) is 5. The van der Waals surface area contributed by atoms with Gasteiger partial charge in [-0.05, 0) is 75.7 Å². The van der Waals surface area contributed by atoms with E-state index in [1.807, 2.05) is 0 Å². The van der Waals surface area contributed by atoms with Crippen LogP contribution in [0.3, 0.4) is 0 Å². The number of aromatic nitrogens is 1. The predicted molar refractivity (Wildman–Crippen MR) is 184 cm³/mol. The molecule has 12 nitrogen and oxygen atoms in total. The molecular formula is C35H33ClF5N5O7. The summed E-state index contributed by atoms with van der Waals surface area (Å²) in [6, 6.07) is 15.6. The molecule has 0 bridgehead atoms. The number of nitrogens with zero attached hydrogens (tertiary/aromatic N) is 2. The zero-order chi connectivity index (χ0) is 39.8. The first kappa shape index (κ1) is 41.5. The van der Waals surface area contributed by atoms with Crippen molar-refractivity contribution < 1.29 is 56.0 Å². The van der Waals surface area contributed by atoms with Crippen molar-refractivity contribution in [2.45, 2.75) is 52.5 Å². The molecule has 1 aromatic heterocycles. The van der Waals surface area contributed by atoms with Gasteiger partial charge in [-0.3, -0.25) is 10.2 Å². The van der Waals surface area contributed by atoms with Crippen LogP contribution in [-0.2, 0) is 11.3 Å². The maximum atomic E-state index is 16.1. The lowest BCUT2D eigenvalue weighted by atomic mass is 10.1. The molecule has 0 saturated carbocycles. The van der Waals surface area contributed by atoms with Crippen molar-refractivity contribution >= 4 is 41.0 Å². The van der Waals surface area contributed by atoms with Gasteiger partial charge in [0.2, 0.25) is 11.6 Å². The molecule has 3 aromatic carbocycles. The van der Waals surface area contributed by atoms with Crippen LogP contribution < -0.4 is 25.4 Å². The number of nitrogens with one attached hydrogen (secondary N) is 2. The van der Waals surface area contributed by atoms with Gasteiger partial charge in [-0.1, -0.05) is 35.9 Å². The largest absolute Gasteiger partial charge is 0.490 e. The Morgan fingerprint density at radius 3 is 1.98 bits per heavy atom. The number of amides is 1. The molecule has 0 aliphatic heterocycles. The molecule has 6 N–H and O–H groups in total. The Bertz CT molecular complexity index is 1990. The number of nitrogen functional groups attached to an aromatic ring is 1. The third-order valence-corrected chi connectivity index (χ3v) is 7.26. The lowest BCUT2D eigenvalue weighted by Gasteiger charge is -2.33. The summed E-state index contributed by atoms with van der Waals surface area (Å²) in [4.78, 5) is 39.3. The highest BCUT2D eigenvalue weighted by molar-refractivity contribution is 6.30. The maximum absolute atomic E-state index is 16.1. The topological polar surface area (TPSA) is 188 Å². The number of carboxylic acids is 2. The molecule has 18 heteroatoms. The number of carboxylic acid groups (broad SMARTS) is 2. The van der Waals surface area contributed by atoms with Gasteiger partial charge in [-0.25, -0.2) is 9.59 Å². The molecule has 0 fully saturated rings. The van der Waals surface area contributed by atoms with E-state index in [1.54, 1.807) is 58.0 Å². The predicted octanol–water partition coefficient (Wildman–Crippen LogP) is 7.77. The quantitative estimate of drug-likeness (QED) is 0.0542. The van der Waals surface area contributed by atoms with Crippen LogP contribution in [0.15, 0.2) is 66.7 Å². The number of carbonyl (C=O) groups is 3. The standard InChI is InChI=1S/C33H32ClF2N5O5.C2HF3O2/c1-17(2)41(18(3)4)28-26(35)31(45-23-7-5-6-20(14-23)29(37)38)40-32(27(28)36)46-25-13-10-21(15-24(25)33(43)44)30(42)39-16-19-8-11-22(34)12-9-19;3-2(4,5)1(6)7/h5-15,17-18H,16H2,1-4H3,(H3,37,38)(H,39,42)(H,43,44);(H,6,7). The van der Waals surface area contributed by atoms with Crippen LogP contribution in [0, 0.1) is 17.0 Å². The fourth-order valence-corrected chi connectivity index (χ4v) is 4.85. The Labute approximate surface area is 304 Å². The molecule has 0 radical (unpaired) electrons. The number of alkyl halides is 3. The Balaban J connectivity index is 0.000000980. The highest BCUT2D eigenvalue weighted by Crippen LogP contribution is 2.40. The summed E-state index contributed by atoms with van der Waals surface area (Å²) in [6.45, 7) is 7.14. The third-order valence-electron chi connectivity index (χ3n) is 7.01. The van der Waals surface area contributed by atoms with E-state index in [1.165, 1.54) is 35.2 Å². The molecule has 53 heavy (non-hydrogen) atoms. The van der Waals surface area contributed by atoms with Crippen LogP contribution >= 0.6 is 11.6 Å². The second kappa shape index (κ2) is 17.5. The van der Waals surface area contributed by atoms with Crippen molar-refractivity contribution in [3.8, 4) is 23.3 Å². The minimum atomic E-state index is -5.08. The number of aliphatic carboxylic acids is 1. The van der Waals surface area contributed by atoms with Gasteiger partial charge in [-0.2, -0.15) is 26.9 Å². The van der Waals surface area contributed by atoms with Gasteiger partial charge in [0, 0.05) is 34.8 Å². The lowest BCUT2D eigenvalue weighted by Crippen LogP contribution is -2.38. The molecule has 4 aromatic rings. The number of rotatable bonds is 12. The second-order valence-corrected chi connectivity index (χ2v) is 12.0. The summed E-state index contributed by atoms with van der Waals surface area (Å²) >= 11 is 5.90. The van der Waals surface area contributed by atoms with Gasteiger partial charge in [0.15, 0.2) is 0 Å². The number of benzene rings is 3. The van der Waals surface area contributed by atoms with Crippen LogP contribution in [0.2, 0.25) is 5.02 Å². The van der Waals surface area contributed by atoms with Crippen molar-refractivity contribution in [2.24, 2.45) is 5.73 Å². The highest BCUT2D eigenvalue weighted by atomic mass is 35.5. The lowest BCUT2D eigenvalue weighted by molar-refractivity contribution is -0.192. The SMILES string of the molecule is CC(C)N(c1c(F)c(Oc2cccc(C(=N)N)c2)nc(Oc2ccc(C(=O)NCc3ccc(Cl)cc3)cc2C(=O)O)c1F)C(C)C.O=C(O)C(F)(F)F. The average molecular weight is 766 g/mol. The van der Waals surface area contributed by atoms with Gasteiger partial charge in [-0.15, -0.1) is 0 Å². The first-order chi connectivity index (χ1) is 24.7. The molecule has 0 spiro atoms. The van der Waals surface area contributed by atoms with E-state index < -0.39 is 58.7 Å². The van der Waals surface area contributed by atoms with Gasteiger partial charge >= 0.3 is 18.1 Å². The molecule has 0 saturated heterocycles. The van der Waals surface area contributed by atoms with Gasteiger partial charge in [0.25, 0.3) is 17.7 Å². The molecule has 0 atom stereocenters. The Morgan fingerprint density at radius 2 is 1.47 bits per heavy atom. The molecule has 4 rings (SSSR count). The van der Waals surface area contributed by atoms with E-state index in [4.69, 9.17) is 42.1 Å². The smallest absolute Gasteiger partial charge is 0.478 e. The molecule has 1 heterocycles. The van der Waals surface area contributed by atoms with E-state index >= 15 is 8.78 Å². The van der Waals surface area contributed by atoms with E-state index in [0.29, 0.717) is 10.6 Å². The second-order valence-electron chi connectivity index (χ2n) is 11.6. The molecule has 0 unspecified atom stereocenters.